The van der Waals surface area contributed by atoms with Crippen molar-refractivity contribution < 1.29 is 4.79 Å². The van der Waals surface area contributed by atoms with Crippen LogP contribution in [0.3, 0.4) is 0 Å². The molecule has 0 aromatic carbocycles. The Hall–Kier alpha value is -1.30. The normalized spacial score (nSPS) is 22.0. The van der Waals surface area contributed by atoms with Gasteiger partial charge in [0.25, 0.3) is 5.91 Å². The van der Waals surface area contributed by atoms with Crippen LogP contribution in [0.1, 0.15) is 44.0 Å². The smallest absolute Gasteiger partial charge is 0.258 e. The van der Waals surface area contributed by atoms with Gasteiger partial charge in [0, 0.05) is 12.1 Å². The van der Waals surface area contributed by atoms with Crippen molar-refractivity contribution in [2.75, 3.05) is 11.1 Å². The molecular weight excluding hydrogens is 248 g/mol. The molecule has 0 aliphatic heterocycles. The van der Waals surface area contributed by atoms with Gasteiger partial charge in [-0.25, -0.2) is 0 Å². The second kappa shape index (κ2) is 5.14. The lowest BCUT2D eigenvalue weighted by Gasteiger charge is -2.10. The second-order valence-electron chi connectivity index (χ2n) is 5.05. The van der Waals surface area contributed by atoms with Gasteiger partial charge in [-0.3, -0.25) is 4.79 Å². The molecule has 1 fully saturated rings. The zero-order valence-electron chi connectivity index (χ0n) is 11.0. The quantitative estimate of drug-likeness (QED) is 0.763. The van der Waals surface area contributed by atoms with E-state index in [0.29, 0.717) is 23.3 Å². The van der Waals surface area contributed by atoms with E-state index in [0.717, 1.165) is 5.00 Å². The number of anilines is 2. The third kappa shape index (κ3) is 2.75. The van der Waals surface area contributed by atoms with Crippen molar-refractivity contribution in [1.82, 2.24) is 9.69 Å². The lowest BCUT2D eigenvalue weighted by Crippen LogP contribution is -2.31. The van der Waals surface area contributed by atoms with E-state index in [1.54, 1.807) is 0 Å². The minimum Gasteiger partial charge on any atom is -0.382 e. The number of hydrogen-bond acceptors (Lipinski definition) is 5. The molecule has 2 unspecified atom stereocenters. The molecule has 18 heavy (non-hydrogen) atoms. The molecule has 1 saturated carbocycles. The molecule has 2 atom stereocenters. The molecule has 0 saturated heterocycles. The number of aromatic nitrogens is 1. The van der Waals surface area contributed by atoms with Crippen LogP contribution >= 0.6 is 11.5 Å². The number of hydrogen-bond donors (Lipinski definition) is 3. The van der Waals surface area contributed by atoms with E-state index in [4.69, 9.17) is 5.73 Å². The first-order chi connectivity index (χ1) is 8.52. The molecule has 0 radical (unpaired) electrons. The van der Waals surface area contributed by atoms with Crippen LogP contribution in [0.15, 0.2) is 0 Å². The van der Waals surface area contributed by atoms with E-state index in [1.165, 1.54) is 24.4 Å². The van der Waals surface area contributed by atoms with E-state index in [2.05, 4.69) is 21.9 Å². The van der Waals surface area contributed by atoms with Crippen LogP contribution in [0, 0.1) is 5.92 Å². The molecule has 1 aliphatic carbocycles. The van der Waals surface area contributed by atoms with Crippen molar-refractivity contribution in [3.8, 4) is 0 Å². The van der Waals surface area contributed by atoms with Gasteiger partial charge < -0.3 is 16.4 Å². The van der Waals surface area contributed by atoms with E-state index >= 15 is 0 Å². The topological polar surface area (TPSA) is 80.0 Å². The summed E-state index contributed by atoms with van der Waals surface area (Å²) in [6.07, 6.45) is 2.33. The number of nitrogen functional groups attached to an aromatic ring is 1. The predicted molar refractivity (Wildman–Crippen MR) is 74.9 cm³/mol. The summed E-state index contributed by atoms with van der Waals surface area (Å²) in [6.45, 7) is 6.03. The third-order valence-corrected chi connectivity index (χ3v) is 3.92. The standard InChI is InChI=1S/C12H20N4OS/c1-4-7-5-8(7)15-12-9(10(13)16-18-12)11(17)14-6(2)3/h6-8,15H,4-5H2,1-3H3,(H2,13,16)(H,14,17). The fourth-order valence-corrected chi connectivity index (χ4v) is 2.77. The van der Waals surface area contributed by atoms with Crippen molar-refractivity contribution >= 4 is 28.3 Å². The Morgan fingerprint density at radius 3 is 2.89 bits per heavy atom. The monoisotopic (exact) mass is 268 g/mol. The third-order valence-electron chi connectivity index (χ3n) is 3.13. The maximum absolute atomic E-state index is 12.0. The van der Waals surface area contributed by atoms with Crippen LogP contribution in [0.2, 0.25) is 0 Å². The predicted octanol–water partition coefficient (Wildman–Crippen LogP) is 2.07. The summed E-state index contributed by atoms with van der Waals surface area (Å²) in [6, 6.07) is 0.564. The Morgan fingerprint density at radius 1 is 1.61 bits per heavy atom. The molecule has 4 N–H and O–H groups in total. The number of nitrogens with two attached hydrogens (primary N) is 1. The number of carbonyl (C=O) groups excluding carboxylic acids is 1. The van der Waals surface area contributed by atoms with Gasteiger partial charge in [0.2, 0.25) is 0 Å². The molecule has 6 heteroatoms. The van der Waals surface area contributed by atoms with Crippen LogP contribution < -0.4 is 16.4 Å². The number of amides is 1. The molecule has 1 aliphatic rings. The molecule has 1 heterocycles. The van der Waals surface area contributed by atoms with Crippen LogP contribution in [-0.4, -0.2) is 22.4 Å². The Kier molecular flexibility index (Phi) is 3.75. The summed E-state index contributed by atoms with van der Waals surface area (Å²) in [5, 5.41) is 7.03. The first kappa shape index (κ1) is 13.1. The number of nitrogens with zero attached hydrogens (tertiary/aromatic N) is 1. The van der Waals surface area contributed by atoms with Crippen molar-refractivity contribution in [3.63, 3.8) is 0 Å². The second-order valence-corrected chi connectivity index (χ2v) is 5.83. The van der Waals surface area contributed by atoms with Gasteiger partial charge in [0.15, 0.2) is 5.82 Å². The highest BCUT2D eigenvalue weighted by Crippen LogP contribution is 2.38. The van der Waals surface area contributed by atoms with Gasteiger partial charge in [-0.15, -0.1) is 0 Å². The van der Waals surface area contributed by atoms with Gasteiger partial charge in [-0.05, 0) is 37.7 Å². The van der Waals surface area contributed by atoms with Crippen LogP contribution in [0.25, 0.3) is 0 Å². The lowest BCUT2D eigenvalue weighted by molar-refractivity contribution is 0.0945. The minimum atomic E-state index is -0.146. The van der Waals surface area contributed by atoms with Gasteiger partial charge in [0.1, 0.15) is 10.6 Å². The van der Waals surface area contributed by atoms with E-state index in [1.807, 2.05) is 13.8 Å². The molecule has 0 spiro atoms. The van der Waals surface area contributed by atoms with E-state index in [9.17, 15) is 4.79 Å². The van der Waals surface area contributed by atoms with Gasteiger partial charge in [-0.2, -0.15) is 4.37 Å². The van der Waals surface area contributed by atoms with Crippen molar-refractivity contribution in [3.05, 3.63) is 5.56 Å². The maximum Gasteiger partial charge on any atom is 0.258 e. The Morgan fingerprint density at radius 2 is 2.33 bits per heavy atom. The summed E-state index contributed by atoms with van der Waals surface area (Å²) in [5.41, 5.74) is 6.28. The molecule has 5 nitrogen and oxygen atoms in total. The number of nitrogens with one attached hydrogen (secondary N) is 2. The zero-order chi connectivity index (χ0) is 13.3. The Balaban J connectivity index is 2.09. The van der Waals surface area contributed by atoms with Crippen molar-refractivity contribution in [2.24, 2.45) is 5.92 Å². The molecule has 100 valence electrons. The molecule has 1 amide bonds. The largest absolute Gasteiger partial charge is 0.382 e. The van der Waals surface area contributed by atoms with Crippen LogP contribution in [0.5, 0.6) is 0 Å². The highest BCUT2D eigenvalue weighted by atomic mass is 32.1. The van der Waals surface area contributed by atoms with E-state index < -0.39 is 0 Å². The Bertz CT molecular complexity index is 443. The number of rotatable bonds is 5. The van der Waals surface area contributed by atoms with Gasteiger partial charge in [0.05, 0.1) is 0 Å². The molecule has 1 aromatic rings. The fourth-order valence-electron chi connectivity index (χ4n) is 2.00. The van der Waals surface area contributed by atoms with Crippen molar-refractivity contribution in [1.29, 1.82) is 0 Å². The first-order valence-corrected chi connectivity index (χ1v) is 7.12. The van der Waals surface area contributed by atoms with Gasteiger partial charge >= 0.3 is 0 Å². The highest BCUT2D eigenvalue weighted by molar-refractivity contribution is 7.11. The fraction of sp³-hybridized carbons (Fsp3) is 0.667. The minimum absolute atomic E-state index is 0.0916. The molecule has 1 aromatic heterocycles. The summed E-state index contributed by atoms with van der Waals surface area (Å²) >= 11 is 1.27. The molecule has 0 bridgehead atoms. The van der Waals surface area contributed by atoms with Crippen molar-refractivity contribution in [2.45, 2.75) is 45.7 Å². The van der Waals surface area contributed by atoms with E-state index in [-0.39, 0.29) is 11.9 Å². The maximum atomic E-state index is 12.0. The summed E-state index contributed by atoms with van der Waals surface area (Å²) in [4.78, 5) is 12.0. The molecule has 2 rings (SSSR count). The zero-order valence-corrected chi connectivity index (χ0v) is 11.8. The summed E-state index contributed by atoms with van der Waals surface area (Å²) in [5.74, 6) is 0.885. The molecular formula is C12H20N4OS. The summed E-state index contributed by atoms with van der Waals surface area (Å²) < 4.78 is 4.07. The van der Waals surface area contributed by atoms with Crippen LogP contribution in [0.4, 0.5) is 10.8 Å². The lowest BCUT2D eigenvalue weighted by atomic mass is 10.2. The SMILES string of the molecule is CCC1CC1Nc1snc(N)c1C(=O)NC(C)C. The van der Waals surface area contributed by atoms with Gasteiger partial charge in [-0.1, -0.05) is 13.3 Å². The summed E-state index contributed by atoms with van der Waals surface area (Å²) in [7, 11) is 0. The average Bonchev–Trinajstić information content (AvgIpc) is 2.93. The Labute approximate surface area is 111 Å². The average molecular weight is 268 g/mol. The highest BCUT2D eigenvalue weighted by Gasteiger charge is 2.36. The number of carbonyl (C=O) groups is 1. The first-order valence-electron chi connectivity index (χ1n) is 6.35. The van der Waals surface area contributed by atoms with Crippen LogP contribution in [-0.2, 0) is 0 Å².